The van der Waals surface area contributed by atoms with Crippen molar-refractivity contribution in [3.63, 3.8) is 0 Å². The molecule has 2 unspecified atom stereocenters. The molecule has 1 aromatic rings. The van der Waals surface area contributed by atoms with Crippen LogP contribution in [0.5, 0.6) is 0 Å². The van der Waals surface area contributed by atoms with Crippen LogP contribution in [-0.4, -0.2) is 36.5 Å². The van der Waals surface area contributed by atoms with Gasteiger partial charge in [0.15, 0.2) is 0 Å². The summed E-state index contributed by atoms with van der Waals surface area (Å²) >= 11 is 0. The highest BCUT2D eigenvalue weighted by molar-refractivity contribution is 4.97. The molecule has 1 aromatic heterocycles. The van der Waals surface area contributed by atoms with Crippen LogP contribution in [0, 0.1) is 0 Å². The van der Waals surface area contributed by atoms with E-state index in [9.17, 15) is 0 Å². The van der Waals surface area contributed by atoms with Gasteiger partial charge in [-0.15, -0.1) is 0 Å². The summed E-state index contributed by atoms with van der Waals surface area (Å²) in [5.41, 5.74) is 0. The first kappa shape index (κ1) is 12.1. The van der Waals surface area contributed by atoms with Crippen molar-refractivity contribution in [3.05, 3.63) is 11.7 Å². The third-order valence-corrected chi connectivity index (χ3v) is 3.42. The van der Waals surface area contributed by atoms with Crippen LogP contribution in [0.3, 0.4) is 0 Å². The highest BCUT2D eigenvalue weighted by atomic mass is 16.6. The number of hydrogen-bond acceptors (Lipinski definition) is 6. The van der Waals surface area contributed by atoms with Crippen LogP contribution in [0.25, 0.3) is 0 Å². The molecule has 2 atom stereocenters. The summed E-state index contributed by atoms with van der Waals surface area (Å²) in [6.45, 7) is 2.77. The minimum Gasteiger partial charge on any atom is -0.376 e. The molecular formula is C12H19N3O3. The average molecular weight is 253 g/mol. The summed E-state index contributed by atoms with van der Waals surface area (Å²) in [4.78, 5) is 4.45. The van der Waals surface area contributed by atoms with Gasteiger partial charge in [0.2, 0.25) is 11.7 Å². The molecule has 0 aromatic carbocycles. The molecule has 2 aliphatic rings. The second kappa shape index (κ2) is 5.77. The molecule has 100 valence electrons. The molecule has 0 bridgehead atoms. The van der Waals surface area contributed by atoms with Crippen molar-refractivity contribution in [1.29, 1.82) is 0 Å². The Balaban J connectivity index is 1.67. The summed E-state index contributed by atoms with van der Waals surface area (Å²) in [5, 5.41) is 7.46. The van der Waals surface area contributed by atoms with Gasteiger partial charge in [-0.1, -0.05) is 18.0 Å². The number of nitrogens with zero attached hydrogens (tertiary/aromatic N) is 2. The van der Waals surface area contributed by atoms with Gasteiger partial charge in [0.25, 0.3) is 0 Å². The van der Waals surface area contributed by atoms with E-state index >= 15 is 0 Å². The first-order valence-corrected chi connectivity index (χ1v) is 6.70. The average Bonchev–Trinajstić information content (AvgIpc) is 2.76. The Morgan fingerprint density at radius 2 is 2.17 bits per heavy atom. The van der Waals surface area contributed by atoms with E-state index in [4.69, 9.17) is 14.0 Å². The molecule has 3 heterocycles. The fraction of sp³-hybridized carbons (Fsp3) is 0.833. The van der Waals surface area contributed by atoms with Crippen molar-refractivity contribution in [3.8, 4) is 0 Å². The predicted molar refractivity (Wildman–Crippen MR) is 63.0 cm³/mol. The van der Waals surface area contributed by atoms with Gasteiger partial charge in [0.05, 0.1) is 25.9 Å². The fourth-order valence-electron chi connectivity index (χ4n) is 2.40. The highest BCUT2D eigenvalue weighted by Gasteiger charge is 2.25. The Morgan fingerprint density at radius 1 is 1.17 bits per heavy atom. The minimum atomic E-state index is -0.179. The van der Waals surface area contributed by atoms with Crippen molar-refractivity contribution in [2.45, 2.75) is 37.8 Å². The molecule has 6 heteroatoms. The number of ether oxygens (including phenoxy) is 2. The first-order valence-electron chi connectivity index (χ1n) is 6.70. The smallest absolute Gasteiger partial charge is 0.243 e. The van der Waals surface area contributed by atoms with Crippen molar-refractivity contribution in [2.75, 3.05) is 26.4 Å². The maximum Gasteiger partial charge on any atom is 0.243 e. The van der Waals surface area contributed by atoms with Crippen LogP contribution in [-0.2, 0) is 9.47 Å². The van der Waals surface area contributed by atoms with Crippen LogP contribution in [0.1, 0.15) is 49.5 Å². The molecule has 2 aliphatic heterocycles. The Kier molecular flexibility index (Phi) is 3.87. The van der Waals surface area contributed by atoms with Crippen LogP contribution >= 0.6 is 0 Å². The Hall–Kier alpha value is -0.980. The lowest BCUT2D eigenvalue weighted by atomic mass is 10.1. The van der Waals surface area contributed by atoms with E-state index < -0.39 is 0 Å². The van der Waals surface area contributed by atoms with Crippen molar-refractivity contribution in [2.24, 2.45) is 0 Å². The Bertz CT molecular complexity index is 368. The summed E-state index contributed by atoms with van der Waals surface area (Å²) in [6, 6.07) is 0.193. The van der Waals surface area contributed by atoms with Gasteiger partial charge >= 0.3 is 0 Å². The maximum absolute atomic E-state index is 5.56. The minimum absolute atomic E-state index is 0.179. The largest absolute Gasteiger partial charge is 0.376 e. The van der Waals surface area contributed by atoms with Crippen LogP contribution in [0.2, 0.25) is 0 Å². The molecule has 6 nitrogen and oxygen atoms in total. The summed E-state index contributed by atoms with van der Waals surface area (Å²) in [7, 11) is 0. The lowest BCUT2D eigenvalue weighted by Gasteiger charge is -2.19. The number of rotatable bonds is 2. The van der Waals surface area contributed by atoms with E-state index in [2.05, 4.69) is 15.5 Å². The molecule has 0 amide bonds. The van der Waals surface area contributed by atoms with Crippen molar-refractivity contribution >= 4 is 0 Å². The zero-order valence-corrected chi connectivity index (χ0v) is 10.4. The van der Waals surface area contributed by atoms with Crippen LogP contribution < -0.4 is 5.32 Å². The monoisotopic (exact) mass is 253 g/mol. The molecule has 0 aliphatic carbocycles. The molecule has 18 heavy (non-hydrogen) atoms. The van der Waals surface area contributed by atoms with E-state index in [1.54, 1.807) is 0 Å². The Morgan fingerprint density at radius 3 is 3.06 bits per heavy atom. The van der Waals surface area contributed by atoms with E-state index in [0.29, 0.717) is 31.5 Å². The topological polar surface area (TPSA) is 69.4 Å². The third kappa shape index (κ3) is 2.71. The van der Waals surface area contributed by atoms with Crippen molar-refractivity contribution < 1.29 is 14.0 Å². The zero-order valence-electron chi connectivity index (χ0n) is 10.4. The lowest BCUT2D eigenvalue weighted by molar-refractivity contribution is -0.0941. The first-order chi connectivity index (χ1) is 8.93. The fourth-order valence-corrected chi connectivity index (χ4v) is 2.40. The molecule has 0 radical (unpaired) electrons. The molecule has 1 N–H and O–H groups in total. The maximum atomic E-state index is 5.56. The second-order valence-corrected chi connectivity index (χ2v) is 4.78. The van der Waals surface area contributed by atoms with Gasteiger partial charge in [-0.25, -0.2) is 0 Å². The molecular weight excluding hydrogens is 234 g/mol. The predicted octanol–water partition coefficient (Wildman–Crippen LogP) is 1.36. The quantitative estimate of drug-likeness (QED) is 0.858. The molecule has 2 saturated heterocycles. The van der Waals surface area contributed by atoms with Gasteiger partial charge < -0.3 is 19.3 Å². The SMILES string of the molecule is C1CCNC(c2nc(C3COCCO3)no2)CC1. The zero-order chi connectivity index (χ0) is 12.2. The van der Waals surface area contributed by atoms with E-state index in [1.165, 1.54) is 19.3 Å². The van der Waals surface area contributed by atoms with Gasteiger partial charge in [-0.2, -0.15) is 4.98 Å². The van der Waals surface area contributed by atoms with E-state index in [1.807, 2.05) is 0 Å². The number of aromatic nitrogens is 2. The number of nitrogens with one attached hydrogen (secondary N) is 1. The molecule has 3 rings (SSSR count). The van der Waals surface area contributed by atoms with Gasteiger partial charge in [0.1, 0.15) is 6.10 Å². The molecule has 0 spiro atoms. The lowest BCUT2D eigenvalue weighted by Crippen LogP contribution is -2.23. The molecule has 0 saturated carbocycles. The van der Waals surface area contributed by atoms with E-state index in [0.717, 1.165) is 13.0 Å². The molecule has 2 fully saturated rings. The van der Waals surface area contributed by atoms with Gasteiger partial charge in [-0.3, -0.25) is 0 Å². The standard InChI is InChI=1S/C12H19N3O3/c1-2-4-9(13-5-3-1)12-14-11(15-18-12)10-8-16-6-7-17-10/h9-10,13H,1-8H2. The summed E-state index contributed by atoms with van der Waals surface area (Å²) in [5.74, 6) is 1.29. The van der Waals surface area contributed by atoms with Crippen LogP contribution in [0.15, 0.2) is 4.52 Å². The van der Waals surface area contributed by atoms with Gasteiger partial charge in [-0.05, 0) is 19.4 Å². The summed E-state index contributed by atoms with van der Waals surface area (Å²) in [6.07, 6.45) is 4.57. The van der Waals surface area contributed by atoms with Gasteiger partial charge in [0, 0.05) is 0 Å². The highest BCUT2D eigenvalue weighted by Crippen LogP contribution is 2.24. The van der Waals surface area contributed by atoms with E-state index in [-0.39, 0.29) is 12.1 Å². The summed E-state index contributed by atoms with van der Waals surface area (Å²) < 4.78 is 16.3. The van der Waals surface area contributed by atoms with Crippen molar-refractivity contribution in [1.82, 2.24) is 15.5 Å². The van der Waals surface area contributed by atoms with Crippen LogP contribution in [0.4, 0.5) is 0 Å². The Labute approximate surface area is 106 Å². The third-order valence-electron chi connectivity index (χ3n) is 3.42. The number of hydrogen-bond donors (Lipinski definition) is 1. The normalized spacial score (nSPS) is 30.0. The second-order valence-electron chi connectivity index (χ2n) is 4.78.